The lowest BCUT2D eigenvalue weighted by atomic mass is 9.88. The van der Waals surface area contributed by atoms with Crippen LogP contribution in [0.1, 0.15) is 41.9 Å². The molecule has 1 N–H and O–H groups in total. The van der Waals surface area contributed by atoms with Crippen molar-refractivity contribution in [3.63, 3.8) is 0 Å². The summed E-state index contributed by atoms with van der Waals surface area (Å²) in [7, 11) is 0. The van der Waals surface area contributed by atoms with Crippen molar-refractivity contribution in [3.8, 4) is 5.75 Å². The molecule has 27 heavy (non-hydrogen) atoms. The molecule has 1 atom stereocenters. The van der Waals surface area contributed by atoms with Gasteiger partial charge in [-0.2, -0.15) is 0 Å². The minimum absolute atomic E-state index is 0.0237. The molecule has 0 radical (unpaired) electrons. The molecule has 3 heterocycles. The maximum absolute atomic E-state index is 12.5. The second-order valence-corrected chi connectivity index (χ2v) is 7.06. The van der Waals surface area contributed by atoms with E-state index in [1.807, 2.05) is 44.2 Å². The first-order valence-corrected chi connectivity index (χ1v) is 9.63. The van der Waals surface area contributed by atoms with Crippen LogP contribution in [0.5, 0.6) is 5.75 Å². The van der Waals surface area contributed by atoms with Crippen molar-refractivity contribution in [1.82, 2.24) is 15.2 Å². The Morgan fingerprint density at radius 3 is 2.70 bits per heavy atom. The third-order valence-electron chi connectivity index (χ3n) is 5.39. The Labute approximate surface area is 160 Å². The Morgan fingerprint density at radius 2 is 2.04 bits per heavy atom. The first-order chi connectivity index (χ1) is 13.2. The fourth-order valence-corrected chi connectivity index (χ4v) is 3.86. The molecular weight excluding hydrogens is 338 g/mol. The van der Waals surface area contributed by atoms with E-state index in [1.165, 1.54) is 0 Å². The van der Waals surface area contributed by atoms with Gasteiger partial charge in [0.05, 0.1) is 0 Å². The van der Waals surface area contributed by atoms with Crippen LogP contribution >= 0.6 is 0 Å². The van der Waals surface area contributed by atoms with Crippen LogP contribution in [0, 0.1) is 0 Å². The van der Waals surface area contributed by atoms with Crippen molar-refractivity contribution in [2.24, 2.45) is 0 Å². The van der Waals surface area contributed by atoms with Crippen LogP contribution in [0.25, 0.3) is 5.57 Å². The van der Waals surface area contributed by atoms with E-state index in [-0.39, 0.29) is 11.5 Å². The predicted molar refractivity (Wildman–Crippen MR) is 106 cm³/mol. The molecule has 2 aliphatic rings. The summed E-state index contributed by atoms with van der Waals surface area (Å²) in [5, 5.41) is 3.40. The number of benzene rings is 1. The van der Waals surface area contributed by atoms with E-state index < -0.39 is 0 Å². The normalized spacial score (nSPS) is 20.7. The molecule has 5 heteroatoms. The Bertz CT molecular complexity index is 863. The molecule has 1 unspecified atom stereocenters. The zero-order chi connectivity index (χ0) is 18.9. The molecular formula is C22H25N3O2. The number of hydrogen-bond donors (Lipinski definition) is 1. The third-order valence-corrected chi connectivity index (χ3v) is 5.39. The van der Waals surface area contributed by atoms with Crippen LogP contribution in [0.3, 0.4) is 0 Å². The molecule has 0 aliphatic carbocycles. The Balaban J connectivity index is 1.71. The van der Waals surface area contributed by atoms with E-state index in [4.69, 9.17) is 4.74 Å². The van der Waals surface area contributed by atoms with Crippen molar-refractivity contribution in [2.45, 2.75) is 25.9 Å². The molecule has 2 aromatic rings. The number of carbonyl (C=O) groups is 1. The molecule has 5 nitrogen and oxygen atoms in total. The summed E-state index contributed by atoms with van der Waals surface area (Å²) in [6, 6.07) is 11.9. The Hall–Kier alpha value is -2.66. The Kier molecular flexibility index (Phi) is 4.70. The topological polar surface area (TPSA) is 54.5 Å². The number of nitrogens with one attached hydrogen (secondary N) is 1. The second-order valence-electron chi connectivity index (χ2n) is 7.06. The predicted octanol–water partition coefficient (Wildman–Crippen LogP) is 3.12. The summed E-state index contributed by atoms with van der Waals surface area (Å²) in [5.41, 5.74) is 3.38. The van der Waals surface area contributed by atoms with Gasteiger partial charge in [0.1, 0.15) is 17.0 Å². The van der Waals surface area contributed by atoms with E-state index in [1.54, 1.807) is 11.1 Å². The first kappa shape index (κ1) is 17.7. The number of nitrogens with zero attached hydrogens (tertiary/aromatic N) is 2. The molecule has 1 aromatic carbocycles. The van der Waals surface area contributed by atoms with Crippen LogP contribution in [-0.4, -0.2) is 47.6 Å². The van der Waals surface area contributed by atoms with E-state index in [9.17, 15) is 4.79 Å². The van der Waals surface area contributed by atoms with E-state index in [0.29, 0.717) is 18.8 Å². The largest absolute Gasteiger partial charge is 0.481 e. The molecule has 0 bridgehead atoms. The number of fused-ring (bicyclic) bond motifs is 1. The van der Waals surface area contributed by atoms with Gasteiger partial charge in [-0.1, -0.05) is 24.3 Å². The van der Waals surface area contributed by atoms with Crippen molar-refractivity contribution in [2.75, 3.05) is 26.2 Å². The second kappa shape index (κ2) is 7.16. The lowest BCUT2D eigenvalue weighted by Gasteiger charge is -2.33. The highest BCUT2D eigenvalue weighted by Crippen LogP contribution is 2.41. The number of hydrogen-bond acceptors (Lipinski definition) is 4. The fraction of sp³-hybridized carbons (Fsp3) is 0.364. The minimum atomic E-state index is -0.306. The number of pyridine rings is 1. The molecule has 1 spiro atoms. The van der Waals surface area contributed by atoms with Crippen molar-refractivity contribution in [1.29, 1.82) is 0 Å². The average Bonchev–Trinajstić information content (AvgIpc) is 3.15. The summed E-state index contributed by atoms with van der Waals surface area (Å²) >= 11 is 0. The van der Waals surface area contributed by atoms with Crippen molar-refractivity contribution >= 4 is 11.5 Å². The molecule has 1 amide bonds. The van der Waals surface area contributed by atoms with Gasteiger partial charge >= 0.3 is 0 Å². The van der Waals surface area contributed by atoms with Gasteiger partial charge in [0, 0.05) is 43.4 Å². The van der Waals surface area contributed by atoms with Gasteiger partial charge in [-0.3, -0.25) is 9.78 Å². The number of rotatable bonds is 4. The summed E-state index contributed by atoms with van der Waals surface area (Å²) in [6.07, 6.45) is 4.97. The summed E-state index contributed by atoms with van der Waals surface area (Å²) in [6.45, 7) is 7.08. The molecule has 1 fully saturated rings. The molecule has 140 valence electrons. The molecule has 4 rings (SSSR count). The first-order valence-electron chi connectivity index (χ1n) is 9.63. The summed E-state index contributed by atoms with van der Waals surface area (Å²) < 4.78 is 6.33. The monoisotopic (exact) mass is 363 g/mol. The Morgan fingerprint density at radius 1 is 1.22 bits per heavy atom. The number of amides is 1. The van der Waals surface area contributed by atoms with Gasteiger partial charge in [-0.15, -0.1) is 0 Å². The minimum Gasteiger partial charge on any atom is -0.481 e. The van der Waals surface area contributed by atoms with Gasteiger partial charge < -0.3 is 15.0 Å². The van der Waals surface area contributed by atoms with Gasteiger partial charge in [0.2, 0.25) is 0 Å². The van der Waals surface area contributed by atoms with Gasteiger partial charge in [0.15, 0.2) is 0 Å². The summed E-state index contributed by atoms with van der Waals surface area (Å²) in [5.74, 6) is 0.881. The lowest BCUT2D eigenvalue weighted by Crippen LogP contribution is -2.38. The molecule has 2 aliphatic heterocycles. The van der Waals surface area contributed by atoms with Crippen molar-refractivity contribution in [3.05, 3.63) is 65.5 Å². The lowest BCUT2D eigenvalue weighted by molar-refractivity contribution is 0.0767. The third kappa shape index (κ3) is 3.23. The van der Waals surface area contributed by atoms with Gasteiger partial charge in [-0.05, 0) is 44.2 Å². The highest BCUT2D eigenvalue weighted by Gasteiger charge is 2.38. The maximum atomic E-state index is 12.5. The van der Waals surface area contributed by atoms with Crippen LogP contribution in [-0.2, 0) is 0 Å². The highest BCUT2D eigenvalue weighted by molar-refractivity contribution is 5.93. The molecule has 1 aromatic heterocycles. The zero-order valence-corrected chi connectivity index (χ0v) is 15.9. The van der Waals surface area contributed by atoms with Gasteiger partial charge in [0.25, 0.3) is 5.91 Å². The highest BCUT2D eigenvalue weighted by atomic mass is 16.5. The van der Waals surface area contributed by atoms with E-state index >= 15 is 0 Å². The summed E-state index contributed by atoms with van der Waals surface area (Å²) in [4.78, 5) is 18.8. The fourth-order valence-electron chi connectivity index (χ4n) is 3.86. The van der Waals surface area contributed by atoms with E-state index in [2.05, 4.69) is 22.4 Å². The number of para-hydroxylation sites is 1. The van der Waals surface area contributed by atoms with Crippen LogP contribution < -0.4 is 10.1 Å². The number of ether oxygens (including phenoxy) is 1. The smallest absolute Gasteiger partial charge is 0.272 e. The van der Waals surface area contributed by atoms with Crippen LogP contribution in [0.4, 0.5) is 0 Å². The van der Waals surface area contributed by atoms with Crippen LogP contribution in [0.2, 0.25) is 0 Å². The standard InChI is InChI=1S/C22H25N3O2/c1-3-25(4-2)21(26)19-10-9-16(14-24-19)18-13-22(11-12-23-15-22)27-20-8-6-5-7-17(18)20/h5-10,13-14,23H,3-4,11-12,15H2,1-2H3. The molecule has 0 saturated carbocycles. The van der Waals surface area contributed by atoms with E-state index in [0.717, 1.165) is 42.0 Å². The zero-order valence-electron chi connectivity index (χ0n) is 15.9. The van der Waals surface area contributed by atoms with Crippen LogP contribution in [0.15, 0.2) is 48.7 Å². The molecule has 1 saturated heterocycles. The maximum Gasteiger partial charge on any atom is 0.272 e. The SMILES string of the molecule is CCN(CC)C(=O)c1ccc(C2=CC3(CCNC3)Oc3ccccc32)cn1. The quantitative estimate of drug-likeness (QED) is 0.907. The number of aromatic nitrogens is 1. The van der Waals surface area contributed by atoms with Crippen molar-refractivity contribution < 1.29 is 9.53 Å². The average molecular weight is 363 g/mol. The number of carbonyl (C=O) groups excluding carboxylic acids is 1. The van der Waals surface area contributed by atoms with Gasteiger partial charge in [-0.25, -0.2) is 0 Å².